The van der Waals surface area contributed by atoms with Crippen LogP contribution in [0.4, 0.5) is 10.8 Å². The molecule has 0 spiro atoms. The molecule has 0 unspecified atom stereocenters. The Morgan fingerprint density at radius 3 is 3.00 bits per heavy atom. The maximum absolute atomic E-state index is 11.9. The summed E-state index contributed by atoms with van der Waals surface area (Å²) in [5.74, 6) is -0.281. The predicted molar refractivity (Wildman–Crippen MR) is 87.6 cm³/mol. The molecule has 3 aromatic rings. The smallest absolute Gasteiger partial charge is 0.272 e. The number of benzene rings is 1. The van der Waals surface area contributed by atoms with Crippen LogP contribution in [0.15, 0.2) is 36.0 Å². The van der Waals surface area contributed by atoms with Gasteiger partial charge in [0, 0.05) is 28.8 Å². The standard InChI is InChI=1S/C14H12N6O3S/c1-9-2-3-10(6-12(9)20(22)23)11-8-24-14(16-11)17-13(21)7-19-5-4-15-18-19/h2-6,8H,7H2,1H3,(H,16,17,21). The summed E-state index contributed by atoms with van der Waals surface area (Å²) in [5, 5.41) is 23.2. The zero-order chi connectivity index (χ0) is 17.1. The molecule has 0 saturated heterocycles. The number of nitrogens with one attached hydrogen (secondary N) is 1. The van der Waals surface area contributed by atoms with Gasteiger partial charge in [-0.15, -0.1) is 16.4 Å². The van der Waals surface area contributed by atoms with E-state index in [1.54, 1.807) is 30.6 Å². The number of hydrogen-bond donors (Lipinski definition) is 1. The Balaban J connectivity index is 1.75. The molecular formula is C14H12N6O3S. The van der Waals surface area contributed by atoms with E-state index in [1.165, 1.54) is 28.3 Å². The zero-order valence-corrected chi connectivity index (χ0v) is 13.4. The minimum absolute atomic E-state index is 0.0327. The van der Waals surface area contributed by atoms with Gasteiger partial charge in [-0.25, -0.2) is 9.67 Å². The number of thiazole rings is 1. The Morgan fingerprint density at radius 1 is 1.46 bits per heavy atom. The molecule has 0 aliphatic heterocycles. The number of aromatic nitrogens is 4. The number of carbonyl (C=O) groups excluding carboxylic acids is 1. The van der Waals surface area contributed by atoms with Crippen LogP contribution in [0.1, 0.15) is 5.56 Å². The molecule has 2 aromatic heterocycles. The van der Waals surface area contributed by atoms with Crippen LogP contribution in [0.25, 0.3) is 11.3 Å². The van der Waals surface area contributed by atoms with Crippen LogP contribution in [-0.4, -0.2) is 30.8 Å². The Bertz CT molecular complexity index is 890. The molecule has 10 heteroatoms. The number of aryl methyl sites for hydroxylation is 1. The van der Waals surface area contributed by atoms with Gasteiger partial charge in [-0.1, -0.05) is 17.3 Å². The fourth-order valence-corrected chi connectivity index (χ4v) is 2.79. The predicted octanol–water partition coefficient (Wildman–Crippen LogP) is 2.26. The summed E-state index contributed by atoms with van der Waals surface area (Å²) in [6.45, 7) is 1.71. The van der Waals surface area contributed by atoms with Crippen LogP contribution >= 0.6 is 11.3 Å². The van der Waals surface area contributed by atoms with Gasteiger partial charge in [0.05, 0.1) is 16.8 Å². The Morgan fingerprint density at radius 2 is 2.29 bits per heavy atom. The van der Waals surface area contributed by atoms with Gasteiger partial charge in [-0.3, -0.25) is 14.9 Å². The van der Waals surface area contributed by atoms with Crippen molar-refractivity contribution in [3.63, 3.8) is 0 Å². The van der Waals surface area contributed by atoms with Crippen molar-refractivity contribution in [2.24, 2.45) is 0 Å². The zero-order valence-electron chi connectivity index (χ0n) is 12.5. The molecule has 0 fully saturated rings. The number of rotatable bonds is 5. The molecule has 0 aliphatic carbocycles. The second-order valence-corrected chi connectivity index (χ2v) is 5.80. The number of amides is 1. The van der Waals surface area contributed by atoms with Crippen LogP contribution in [0, 0.1) is 17.0 Å². The molecule has 24 heavy (non-hydrogen) atoms. The van der Waals surface area contributed by atoms with Crippen LogP contribution in [0.2, 0.25) is 0 Å². The number of nitro benzene ring substituents is 1. The fraction of sp³-hybridized carbons (Fsp3) is 0.143. The van der Waals surface area contributed by atoms with E-state index in [4.69, 9.17) is 0 Å². The largest absolute Gasteiger partial charge is 0.300 e. The monoisotopic (exact) mass is 344 g/mol. The maximum Gasteiger partial charge on any atom is 0.272 e. The van der Waals surface area contributed by atoms with Gasteiger partial charge >= 0.3 is 0 Å². The number of nitro groups is 1. The fourth-order valence-electron chi connectivity index (χ4n) is 2.05. The maximum atomic E-state index is 11.9. The SMILES string of the molecule is Cc1ccc(-c2csc(NC(=O)Cn3ccnn3)n2)cc1[N+](=O)[O-]. The van der Waals surface area contributed by atoms with E-state index in [0.29, 0.717) is 22.0 Å². The Kier molecular flexibility index (Phi) is 4.29. The van der Waals surface area contributed by atoms with E-state index < -0.39 is 4.92 Å². The lowest BCUT2D eigenvalue weighted by molar-refractivity contribution is -0.385. The molecule has 1 amide bonds. The summed E-state index contributed by atoms with van der Waals surface area (Å²) >= 11 is 1.25. The third-order valence-corrected chi connectivity index (χ3v) is 3.99. The van der Waals surface area contributed by atoms with E-state index in [9.17, 15) is 14.9 Å². The lowest BCUT2D eigenvalue weighted by atomic mass is 10.1. The van der Waals surface area contributed by atoms with E-state index in [2.05, 4.69) is 20.6 Å². The Hall–Kier alpha value is -3.14. The summed E-state index contributed by atoms with van der Waals surface area (Å²) in [4.78, 5) is 26.8. The van der Waals surface area contributed by atoms with Crippen molar-refractivity contribution in [1.82, 2.24) is 20.0 Å². The molecule has 2 heterocycles. The number of carbonyl (C=O) groups is 1. The molecule has 1 N–H and O–H groups in total. The highest BCUT2D eigenvalue weighted by Crippen LogP contribution is 2.29. The molecular weight excluding hydrogens is 332 g/mol. The first kappa shape index (κ1) is 15.7. The van der Waals surface area contributed by atoms with Gasteiger partial charge in [-0.2, -0.15) is 0 Å². The van der Waals surface area contributed by atoms with Crippen LogP contribution in [-0.2, 0) is 11.3 Å². The van der Waals surface area contributed by atoms with E-state index in [-0.39, 0.29) is 18.1 Å². The van der Waals surface area contributed by atoms with Crippen LogP contribution in [0.5, 0.6) is 0 Å². The number of hydrogen-bond acceptors (Lipinski definition) is 7. The third kappa shape index (κ3) is 3.43. The van der Waals surface area contributed by atoms with Crippen LogP contribution < -0.4 is 5.32 Å². The summed E-state index contributed by atoms with van der Waals surface area (Å²) < 4.78 is 1.40. The summed E-state index contributed by atoms with van der Waals surface area (Å²) in [6, 6.07) is 4.92. The lowest BCUT2D eigenvalue weighted by Gasteiger charge is -2.01. The molecule has 122 valence electrons. The average Bonchev–Trinajstić information content (AvgIpc) is 3.19. The van der Waals surface area contributed by atoms with Gasteiger partial charge in [0.1, 0.15) is 6.54 Å². The van der Waals surface area contributed by atoms with Crippen LogP contribution in [0.3, 0.4) is 0 Å². The van der Waals surface area contributed by atoms with Gasteiger partial charge in [0.15, 0.2) is 5.13 Å². The number of nitrogens with zero attached hydrogens (tertiary/aromatic N) is 5. The molecule has 0 radical (unpaired) electrons. The first-order valence-corrected chi connectivity index (χ1v) is 7.76. The third-order valence-electron chi connectivity index (χ3n) is 3.23. The molecule has 9 nitrogen and oxygen atoms in total. The first-order valence-electron chi connectivity index (χ1n) is 6.88. The summed E-state index contributed by atoms with van der Waals surface area (Å²) in [5.41, 5.74) is 1.82. The normalized spacial score (nSPS) is 10.5. The highest BCUT2D eigenvalue weighted by atomic mass is 32.1. The number of anilines is 1. The second kappa shape index (κ2) is 6.54. The van der Waals surface area contributed by atoms with Crippen molar-refractivity contribution in [1.29, 1.82) is 0 Å². The van der Waals surface area contributed by atoms with E-state index in [1.807, 2.05) is 0 Å². The van der Waals surface area contributed by atoms with E-state index >= 15 is 0 Å². The minimum Gasteiger partial charge on any atom is -0.300 e. The summed E-state index contributed by atoms with van der Waals surface area (Å²) in [6.07, 6.45) is 3.07. The van der Waals surface area contributed by atoms with Crippen molar-refractivity contribution in [2.75, 3.05) is 5.32 Å². The van der Waals surface area contributed by atoms with Crippen molar-refractivity contribution in [3.05, 3.63) is 51.7 Å². The average molecular weight is 344 g/mol. The van der Waals surface area contributed by atoms with E-state index in [0.717, 1.165) is 0 Å². The summed E-state index contributed by atoms with van der Waals surface area (Å²) in [7, 11) is 0. The quantitative estimate of drug-likeness (QED) is 0.560. The topological polar surface area (TPSA) is 116 Å². The van der Waals surface area contributed by atoms with Crippen molar-refractivity contribution >= 4 is 28.1 Å². The van der Waals surface area contributed by atoms with Crippen molar-refractivity contribution in [3.8, 4) is 11.3 Å². The molecule has 1 aromatic carbocycles. The second-order valence-electron chi connectivity index (χ2n) is 4.95. The Labute approximate surface area is 140 Å². The molecule has 0 atom stereocenters. The molecule has 0 aliphatic rings. The minimum atomic E-state index is -0.425. The van der Waals surface area contributed by atoms with Crippen molar-refractivity contribution in [2.45, 2.75) is 13.5 Å². The van der Waals surface area contributed by atoms with Crippen molar-refractivity contribution < 1.29 is 9.72 Å². The molecule has 0 bridgehead atoms. The molecule has 3 rings (SSSR count). The lowest BCUT2D eigenvalue weighted by Crippen LogP contribution is -2.19. The van der Waals surface area contributed by atoms with Gasteiger partial charge in [0.25, 0.3) is 5.69 Å². The first-order chi connectivity index (χ1) is 11.5. The highest BCUT2D eigenvalue weighted by molar-refractivity contribution is 7.14. The van der Waals surface area contributed by atoms with Gasteiger partial charge in [0.2, 0.25) is 5.91 Å². The van der Waals surface area contributed by atoms with Gasteiger partial charge in [-0.05, 0) is 6.92 Å². The molecule has 0 saturated carbocycles. The highest BCUT2D eigenvalue weighted by Gasteiger charge is 2.14. The van der Waals surface area contributed by atoms with Gasteiger partial charge < -0.3 is 5.32 Å².